The summed E-state index contributed by atoms with van der Waals surface area (Å²) >= 11 is 0. The van der Waals surface area contributed by atoms with Crippen LogP contribution in [0.25, 0.3) is 0 Å². The predicted octanol–water partition coefficient (Wildman–Crippen LogP) is 0.308. The molecule has 2 heteroatoms. The van der Waals surface area contributed by atoms with E-state index >= 15 is 0 Å². The zero-order valence-electron chi connectivity index (χ0n) is 4.17. The molecule has 38 valence electrons. The minimum atomic E-state index is 0.806. The first-order chi connectivity index (χ1) is 3.45. The zero-order valence-corrected chi connectivity index (χ0v) is 4.17. The second-order valence-corrected chi connectivity index (χ2v) is 2.23. The lowest BCUT2D eigenvalue weighted by molar-refractivity contribution is 0.373. The largest absolute Gasteiger partial charge is 0.297 e. The van der Waals surface area contributed by atoms with Gasteiger partial charge in [-0.3, -0.25) is 5.01 Å². The van der Waals surface area contributed by atoms with E-state index in [-0.39, 0.29) is 0 Å². The second-order valence-electron chi connectivity index (χ2n) is 2.23. The van der Waals surface area contributed by atoms with Gasteiger partial charge in [0, 0.05) is 25.2 Å². The Bertz CT molecular complexity index is 96.6. The van der Waals surface area contributed by atoms with Crippen LogP contribution in [0.3, 0.4) is 0 Å². The third-order valence-corrected chi connectivity index (χ3v) is 1.64. The summed E-state index contributed by atoms with van der Waals surface area (Å²) in [7, 11) is 0. The summed E-state index contributed by atoms with van der Waals surface area (Å²) in [4.78, 5) is 0. The fourth-order valence-corrected chi connectivity index (χ4v) is 1.18. The maximum absolute atomic E-state index is 4.11. The number of hydrazone groups is 1. The molecule has 0 aliphatic carbocycles. The van der Waals surface area contributed by atoms with Gasteiger partial charge in [-0.25, -0.2) is 0 Å². The van der Waals surface area contributed by atoms with Crippen LogP contribution in [0.2, 0.25) is 0 Å². The Labute approximate surface area is 42.8 Å². The lowest BCUT2D eigenvalue weighted by atomic mass is 10.1. The van der Waals surface area contributed by atoms with Crippen LogP contribution in [0.1, 0.15) is 6.42 Å². The molecular weight excluding hydrogens is 88.1 g/mol. The molecule has 0 N–H and O–H groups in total. The fraction of sp³-hybridized carbons (Fsp3) is 0.800. The molecule has 0 spiro atoms. The third kappa shape index (κ3) is 0.363. The highest BCUT2D eigenvalue weighted by molar-refractivity contribution is 5.63. The van der Waals surface area contributed by atoms with E-state index in [2.05, 4.69) is 16.3 Å². The summed E-state index contributed by atoms with van der Waals surface area (Å²) in [5.74, 6) is 0.806. The second kappa shape index (κ2) is 0.997. The van der Waals surface area contributed by atoms with Crippen LogP contribution in [-0.2, 0) is 0 Å². The van der Waals surface area contributed by atoms with Crippen LogP contribution in [0.4, 0.5) is 0 Å². The van der Waals surface area contributed by atoms with Crippen molar-refractivity contribution >= 4 is 6.21 Å². The first-order valence-corrected chi connectivity index (χ1v) is 2.74. The Kier molecular flexibility index (Phi) is 0.494. The average Bonchev–Trinajstić information content (AvgIpc) is 2.22. The highest BCUT2D eigenvalue weighted by Crippen LogP contribution is 2.19. The number of hydrogen-bond acceptors (Lipinski definition) is 2. The van der Waals surface area contributed by atoms with Crippen molar-refractivity contribution in [2.24, 2.45) is 11.0 Å². The molecule has 2 aliphatic rings. The van der Waals surface area contributed by atoms with Gasteiger partial charge in [-0.1, -0.05) is 0 Å². The Hall–Kier alpha value is -0.530. The van der Waals surface area contributed by atoms with E-state index in [0.29, 0.717) is 0 Å². The Morgan fingerprint density at radius 1 is 1.71 bits per heavy atom. The molecule has 0 saturated carbocycles. The third-order valence-electron chi connectivity index (χ3n) is 1.64. The van der Waals surface area contributed by atoms with Crippen molar-refractivity contribution in [1.29, 1.82) is 0 Å². The van der Waals surface area contributed by atoms with Crippen LogP contribution >= 0.6 is 0 Å². The topological polar surface area (TPSA) is 15.6 Å². The highest BCUT2D eigenvalue weighted by Gasteiger charge is 2.24. The highest BCUT2D eigenvalue weighted by atomic mass is 15.5. The summed E-state index contributed by atoms with van der Waals surface area (Å²) in [5, 5.41) is 6.24. The van der Waals surface area contributed by atoms with Crippen LogP contribution in [0.5, 0.6) is 0 Å². The summed E-state index contributed by atoms with van der Waals surface area (Å²) in [6, 6.07) is 0. The summed E-state index contributed by atoms with van der Waals surface area (Å²) in [5.41, 5.74) is 0. The molecule has 1 saturated heterocycles. The van der Waals surface area contributed by atoms with Crippen molar-refractivity contribution in [1.82, 2.24) is 5.01 Å². The van der Waals surface area contributed by atoms with Crippen LogP contribution < -0.4 is 0 Å². The number of hydrogen-bond donors (Lipinski definition) is 0. The van der Waals surface area contributed by atoms with Gasteiger partial charge in [-0.15, -0.1) is 0 Å². The lowest BCUT2D eigenvalue weighted by Gasteiger charge is -2.04. The molecular formula is C5H8N2. The van der Waals surface area contributed by atoms with E-state index in [0.717, 1.165) is 5.92 Å². The van der Waals surface area contributed by atoms with Crippen molar-refractivity contribution < 1.29 is 0 Å². The molecule has 2 nitrogen and oxygen atoms in total. The molecule has 0 aromatic carbocycles. The zero-order chi connectivity index (χ0) is 4.69. The molecule has 2 aliphatic heterocycles. The number of rotatable bonds is 0. The Morgan fingerprint density at radius 3 is 2.86 bits per heavy atom. The maximum Gasteiger partial charge on any atom is 0.0439 e. The van der Waals surface area contributed by atoms with Gasteiger partial charge in [-0.2, -0.15) is 5.10 Å². The van der Waals surface area contributed by atoms with Crippen molar-refractivity contribution in [2.75, 3.05) is 13.1 Å². The molecule has 1 fully saturated rings. The number of nitrogens with zero attached hydrogens (tertiary/aromatic N) is 2. The van der Waals surface area contributed by atoms with Gasteiger partial charge in [-0.05, 0) is 6.42 Å². The Balaban J connectivity index is 2.27. The lowest BCUT2D eigenvalue weighted by Crippen LogP contribution is -2.07. The SMILES string of the molecule is C1=NN2CCC1C2. The van der Waals surface area contributed by atoms with Crippen LogP contribution in [-0.4, -0.2) is 24.3 Å². The molecule has 2 bridgehead atoms. The van der Waals surface area contributed by atoms with E-state index in [9.17, 15) is 0 Å². The van der Waals surface area contributed by atoms with Crippen LogP contribution in [0.15, 0.2) is 5.10 Å². The van der Waals surface area contributed by atoms with Gasteiger partial charge in [0.15, 0.2) is 0 Å². The number of fused-ring (bicyclic) bond motifs is 2. The van der Waals surface area contributed by atoms with E-state index in [4.69, 9.17) is 0 Å². The molecule has 2 heterocycles. The summed E-state index contributed by atoms with van der Waals surface area (Å²) in [6.07, 6.45) is 3.40. The van der Waals surface area contributed by atoms with Gasteiger partial charge in [0.2, 0.25) is 0 Å². The van der Waals surface area contributed by atoms with Crippen molar-refractivity contribution in [3.05, 3.63) is 0 Å². The smallest absolute Gasteiger partial charge is 0.0439 e. The Morgan fingerprint density at radius 2 is 2.71 bits per heavy atom. The van der Waals surface area contributed by atoms with Crippen molar-refractivity contribution in [3.8, 4) is 0 Å². The van der Waals surface area contributed by atoms with Crippen molar-refractivity contribution in [2.45, 2.75) is 6.42 Å². The minimum Gasteiger partial charge on any atom is -0.297 e. The molecule has 7 heavy (non-hydrogen) atoms. The molecule has 2 rings (SSSR count). The monoisotopic (exact) mass is 96.1 g/mol. The molecule has 0 aromatic heterocycles. The van der Waals surface area contributed by atoms with E-state index in [1.807, 2.05) is 0 Å². The quantitative estimate of drug-likeness (QED) is 0.423. The standard InChI is InChI=1S/C5H8N2/c1-2-7-4-5(1)3-6-7/h3,5H,1-2,4H2. The average molecular weight is 96.1 g/mol. The molecule has 0 amide bonds. The van der Waals surface area contributed by atoms with Crippen molar-refractivity contribution in [3.63, 3.8) is 0 Å². The summed E-state index contributed by atoms with van der Waals surface area (Å²) < 4.78 is 0. The van der Waals surface area contributed by atoms with E-state index < -0.39 is 0 Å². The van der Waals surface area contributed by atoms with E-state index in [1.54, 1.807) is 0 Å². The molecule has 1 atom stereocenters. The first kappa shape index (κ1) is 3.47. The van der Waals surface area contributed by atoms with Gasteiger partial charge < -0.3 is 0 Å². The molecule has 0 aromatic rings. The van der Waals surface area contributed by atoms with Gasteiger partial charge in [0.1, 0.15) is 0 Å². The normalized spacial score (nSPS) is 35.4. The van der Waals surface area contributed by atoms with Gasteiger partial charge in [0.05, 0.1) is 0 Å². The van der Waals surface area contributed by atoms with Gasteiger partial charge in [0.25, 0.3) is 0 Å². The summed E-state index contributed by atoms with van der Waals surface area (Å²) in [6.45, 7) is 2.39. The molecule has 0 radical (unpaired) electrons. The minimum absolute atomic E-state index is 0.806. The van der Waals surface area contributed by atoms with E-state index in [1.165, 1.54) is 19.5 Å². The van der Waals surface area contributed by atoms with Crippen LogP contribution in [0, 0.1) is 5.92 Å². The van der Waals surface area contributed by atoms with Gasteiger partial charge >= 0.3 is 0 Å². The predicted molar refractivity (Wildman–Crippen MR) is 28.2 cm³/mol. The maximum atomic E-state index is 4.11. The fourth-order valence-electron chi connectivity index (χ4n) is 1.18. The first-order valence-electron chi connectivity index (χ1n) is 2.74. The molecule has 1 unspecified atom stereocenters.